The minimum atomic E-state index is -0.809. The number of rotatable bonds is 7. The van der Waals surface area contributed by atoms with Gasteiger partial charge in [0.15, 0.2) is 0 Å². The topological polar surface area (TPSA) is 79.0 Å². The van der Waals surface area contributed by atoms with Gasteiger partial charge in [-0.05, 0) is 89.2 Å². The zero-order chi connectivity index (χ0) is 35.9. The summed E-state index contributed by atoms with van der Waals surface area (Å²) in [4.78, 5) is 44.9. The van der Waals surface area contributed by atoms with E-state index in [4.69, 9.17) is 39.5 Å². The number of amides is 4. The highest BCUT2D eigenvalue weighted by molar-refractivity contribution is 6.42. The van der Waals surface area contributed by atoms with Gasteiger partial charge in [0.2, 0.25) is 0 Å². The van der Waals surface area contributed by atoms with Crippen molar-refractivity contribution in [3.8, 4) is 5.75 Å². The molecule has 0 spiro atoms. The molecular formula is C42H32Cl3N3O4. The van der Waals surface area contributed by atoms with Crippen molar-refractivity contribution in [2.75, 3.05) is 22.9 Å². The fourth-order valence-electron chi connectivity index (χ4n) is 7.57. The van der Waals surface area contributed by atoms with Crippen molar-refractivity contribution < 1.29 is 19.1 Å². The van der Waals surface area contributed by atoms with Crippen LogP contribution in [0.25, 0.3) is 6.08 Å². The van der Waals surface area contributed by atoms with Crippen molar-refractivity contribution in [1.29, 1.82) is 0 Å². The standard InChI is InChI=1S/C42H32Cl3N3O4/c43-29-12-14-38(52-24-25-11-13-36(44)37(45)19-25)28(20-29)21-35-40(49)46-42(51)48(41(35)50)30-22-33-31(26-7-3-1-4-8-26)15-17-47-18-16-32(34(23-30)39(33)47)27-9-5-2-6-10-27/h1-14,19-23,31-32H,15-18,24H2,(H,46,49,51)/b35-21+/t31-,32-/m0/s1. The number of anilines is 2. The molecule has 3 aliphatic heterocycles. The largest absolute Gasteiger partial charge is 0.488 e. The van der Waals surface area contributed by atoms with Gasteiger partial charge in [0.1, 0.15) is 17.9 Å². The van der Waals surface area contributed by atoms with Crippen molar-refractivity contribution in [2.24, 2.45) is 0 Å². The van der Waals surface area contributed by atoms with Crippen molar-refractivity contribution in [3.05, 3.63) is 163 Å². The molecule has 52 heavy (non-hydrogen) atoms. The van der Waals surface area contributed by atoms with E-state index in [1.807, 2.05) is 48.5 Å². The lowest BCUT2D eigenvalue weighted by Gasteiger charge is -2.44. The van der Waals surface area contributed by atoms with Crippen LogP contribution in [0.4, 0.5) is 16.2 Å². The van der Waals surface area contributed by atoms with Crippen LogP contribution in [0, 0.1) is 0 Å². The molecule has 3 aliphatic rings. The maximum absolute atomic E-state index is 14.4. The lowest BCUT2D eigenvalue weighted by molar-refractivity contribution is -0.122. The summed E-state index contributed by atoms with van der Waals surface area (Å²) < 4.78 is 6.10. The Morgan fingerprint density at radius 2 is 1.37 bits per heavy atom. The van der Waals surface area contributed by atoms with Gasteiger partial charge in [-0.3, -0.25) is 14.9 Å². The van der Waals surface area contributed by atoms with Gasteiger partial charge in [-0.15, -0.1) is 0 Å². The molecule has 1 fully saturated rings. The number of halogens is 3. The molecule has 0 bridgehead atoms. The Balaban J connectivity index is 1.21. The van der Waals surface area contributed by atoms with Crippen molar-refractivity contribution in [2.45, 2.75) is 31.3 Å². The first kappa shape index (κ1) is 34.0. The Morgan fingerprint density at radius 3 is 1.98 bits per heavy atom. The van der Waals surface area contributed by atoms with E-state index in [1.54, 1.807) is 36.4 Å². The Morgan fingerprint density at radius 1 is 0.731 bits per heavy atom. The van der Waals surface area contributed by atoms with Gasteiger partial charge >= 0.3 is 6.03 Å². The van der Waals surface area contributed by atoms with Crippen LogP contribution in [-0.4, -0.2) is 30.9 Å². The van der Waals surface area contributed by atoms with Gasteiger partial charge in [-0.2, -0.15) is 0 Å². The first-order chi connectivity index (χ1) is 25.2. The Kier molecular flexibility index (Phi) is 9.26. The third-order valence-corrected chi connectivity index (χ3v) is 11.0. The van der Waals surface area contributed by atoms with Crippen LogP contribution < -0.4 is 19.9 Å². The number of carbonyl (C=O) groups is 3. The fraction of sp³-hybridized carbons (Fsp3) is 0.167. The molecule has 8 rings (SSSR count). The molecular weight excluding hydrogens is 717 g/mol. The van der Waals surface area contributed by atoms with Gasteiger partial charge in [-0.1, -0.05) is 102 Å². The summed E-state index contributed by atoms with van der Waals surface area (Å²) in [6.07, 6.45) is 3.19. The molecule has 5 aromatic rings. The van der Waals surface area contributed by atoms with Gasteiger partial charge < -0.3 is 9.64 Å². The lowest BCUT2D eigenvalue weighted by Crippen LogP contribution is -2.54. The second kappa shape index (κ2) is 14.2. The number of hydrogen-bond donors (Lipinski definition) is 1. The van der Waals surface area contributed by atoms with Crippen LogP contribution >= 0.6 is 34.8 Å². The number of ether oxygens (including phenoxy) is 1. The second-order valence-electron chi connectivity index (χ2n) is 13.1. The molecule has 7 nitrogen and oxygen atoms in total. The molecule has 0 unspecified atom stereocenters. The molecule has 4 amide bonds. The summed E-state index contributed by atoms with van der Waals surface area (Å²) in [5, 5.41) is 3.60. The Labute approximate surface area is 316 Å². The van der Waals surface area contributed by atoms with Gasteiger partial charge in [-0.25, -0.2) is 9.69 Å². The average molecular weight is 749 g/mol. The molecule has 0 aliphatic carbocycles. The molecule has 0 saturated carbocycles. The minimum absolute atomic E-state index is 0.0574. The minimum Gasteiger partial charge on any atom is -0.488 e. The van der Waals surface area contributed by atoms with Gasteiger partial charge in [0.25, 0.3) is 11.8 Å². The summed E-state index contributed by atoms with van der Waals surface area (Å²) in [5.41, 5.74) is 6.95. The number of hydrogen-bond acceptors (Lipinski definition) is 5. The first-order valence-corrected chi connectivity index (χ1v) is 18.2. The lowest BCUT2D eigenvalue weighted by atomic mass is 9.76. The van der Waals surface area contributed by atoms with Crippen LogP contribution in [-0.2, 0) is 16.2 Å². The SMILES string of the molecule is O=C1NC(=O)N(c2cc3c4c(c2)[C@H](c2ccccc2)CCN4CC[C@H]3c2ccccc2)C(=O)/C1=C/c1cc(Cl)ccc1OCc1ccc(Cl)c(Cl)c1. The highest BCUT2D eigenvalue weighted by atomic mass is 35.5. The maximum atomic E-state index is 14.4. The molecule has 1 saturated heterocycles. The van der Waals surface area contributed by atoms with Crippen molar-refractivity contribution >= 4 is 70.1 Å². The zero-order valence-corrected chi connectivity index (χ0v) is 30.1. The normalized spacial score (nSPS) is 19.1. The van der Waals surface area contributed by atoms with E-state index in [0.29, 0.717) is 32.1 Å². The molecule has 10 heteroatoms. The molecule has 0 aromatic heterocycles. The molecule has 2 atom stereocenters. The van der Waals surface area contributed by atoms with Crippen molar-refractivity contribution in [3.63, 3.8) is 0 Å². The second-order valence-corrected chi connectivity index (χ2v) is 14.4. The number of benzene rings is 5. The third-order valence-electron chi connectivity index (χ3n) is 10.0. The molecule has 0 radical (unpaired) electrons. The molecule has 260 valence electrons. The van der Waals surface area contributed by atoms with E-state index < -0.39 is 17.8 Å². The number of barbiturate groups is 1. The van der Waals surface area contributed by atoms with Crippen LogP contribution in [0.2, 0.25) is 15.1 Å². The number of imide groups is 2. The Bertz CT molecular complexity index is 2190. The molecule has 1 N–H and O–H groups in total. The van der Waals surface area contributed by atoms with Crippen LogP contribution in [0.3, 0.4) is 0 Å². The van der Waals surface area contributed by atoms with Crippen LogP contribution in [0.5, 0.6) is 5.75 Å². The third kappa shape index (κ3) is 6.45. The predicted octanol–water partition coefficient (Wildman–Crippen LogP) is 9.77. The monoisotopic (exact) mass is 747 g/mol. The van der Waals surface area contributed by atoms with E-state index in [-0.39, 0.29) is 24.0 Å². The van der Waals surface area contributed by atoms with Crippen LogP contribution in [0.1, 0.15) is 58.1 Å². The molecule has 3 heterocycles. The van der Waals surface area contributed by atoms with Crippen molar-refractivity contribution in [1.82, 2.24) is 5.32 Å². The number of nitrogens with one attached hydrogen (secondary N) is 1. The van der Waals surface area contributed by atoms with E-state index in [2.05, 4.69) is 34.5 Å². The summed E-state index contributed by atoms with van der Waals surface area (Å²) in [5.74, 6) is -1.06. The highest BCUT2D eigenvalue weighted by Gasteiger charge is 2.40. The number of urea groups is 1. The summed E-state index contributed by atoms with van der Waals surface area (Å²) >= 11 is 18.7. The zero-order valence-electron chi connectivity index (χ0n) is 27.8. The van der Waals surface area contributed by atoms with Crippen LogP contribution in [0.15, 0.2) is 115 Å². The highest BCUT2D eigenvalue weighted by Crippen LogP contribution is 2.50. The molecule has 5 aromatic carbocycles. The quantitative estimate of drug-likeness (QED) is 0.133. The smallest absolute Gasteiger partial charge is 0.335 e. The number of nitrogens with zero attached hydrogens (tertiary/aromatic N) is 2. The summed E-state index contributed by atoms with van der Waals surface area (Å²) in [6.45, 7) is 1.94. The van der Waals surface area contributed by atoms with Gasteiger partial charge in [0.05, 0.1) is 15.7 Å². The maximum Gasteiger partial charge on any atom is 0.335 e. The number of carbonyl (C=O) groups excluding carboxylic acids is 3. The van der Waals surface area contributed by atoms with E-state index >= 15 is 0 Å². The van der Waals surface area contributed by atoms with E-state index in [1.165, 1.54) is 17.2 Å². The van der Waals surface area contributed by atoms with E-state index in [0.717, 1.165) is 53.2 Å². The predicted molar refractivity (Wildman–Crippen MR) is 206 cm³/mol. The Hall–Kier alpha value is -5.08. The summed E-state index contributed by atoms with van der Waals surface area (Å²) in [6, 6.07) is 33.8. The fourth-order valence-corrected chi connectivity index (χ4v) is 8.07. The van der Waals surface area contributed by atoms with Gasteiger partial charge in [0, 0.05) is 41.2 Å². The summed E-state index contributed by atoms with van der Waals surface area (Å²) in [7, 11) is 0. The average Bonchev–Trinajstić information content (AvgIpc) is 3.15. The van der Waals surface area contributed by atoms with E-state index in [9.17, 15) is 14.4 Å². The first-order valence-electron chi connectivity index (χ1n) is 17.1.